The van der Waals surface area contributed by atoms with Crippen LogP contribution in [-0.4, -0.2) is 17.6 Å². The van der Waals surface area contributed by atoms with Crippen LogP contribution in [0.25, 0.3) is 0 Å². The number of amides is 1. The van der Waals surface area contributed by atoms with Gasteiger partial charge in [0.1, 0.15) is 5.75 Å². The summed E-state index contributed by atoms with van der Waals surface area (Å²) in [6, 6.07) is 12.0. The number of halogens is 2. The van der Waals surface area contributed by atoms with Crippen LogP contribution < -0.4 is 15.4 Å². The lowest BCUT2D eigenvalue weighted by Crippen LogP contribution is -2.34. The molecule has 0 heterocycles. The molecule has 2 N–H and O–H groups in total. The van der Waals surface area contributed by atoms with Gasteiger partial charge in [-0.1, -0.05) is 36.2 Å². The van der Waals surface area contributed by atoms with Gasteiger partial charge in [0.2, 0.25) is 0 Å². The molecule has 0 atom stereocenters. The predicted octanol–water partition coefficient (Wildman–Crippen LogP) is 4.91. The van der Waals surface area contributed by atoms with Crippen molar-refractivity contribution < 1.29 is 9.53 Å². The molecule has 2 aromatic carbocycles. The molecule has 7 heteroatoms. The van der Waals surface area contributed by atoms with Crippen LogP contribution in [0.4, 0.5) is 5.69 Å². The Kier molecular flexibility index (Phi) is 6.85. The molecule has 0 radical (unpaired) electrons. The summed E-state index contributed by atoms with van der Waals surface area (Å²) in [6.07, 6.45) is 0.925. The van der Waals surface area contributed by atoms with Crippen LogP contribution in [0.3, 0.4) is 0 Å². The number of hydrogen-bond donors (Lipinski definition) is 2. The Bertz CT molecular complexity index is 753. The highest BCUT2D eigenvalue weighted by Crippen LogP contribution is 2.21. The molecule has 0 aliphatic rings. The van der Waals surface area contributed by atoms with Gasteiger partial charge in [0, 0.05) is 16.8 Å². The second-order valence-electron chi connectivity index (χ2n) is 4.91. The van der Waals surface area contributed by atoms with E-state index < -0.39 is 5.91 Å². The van der Waals surface area contributed by atoms with E-state index in [0.29, 0.717) is 17.2 Å². The fourth-order valence-corrected chi connectivity index (χ4v) is 2.59. The average molecular weight is 383 g/mol. The van der Waals surface area contributed by atoms with E-state index in [9.17, 15) is 4.79 Å². The molecule has 0 saturated carbocycles. The zero-order chi connectivity index (χ0) is 17.5. The smallest absolute Gasteiger partial charge is 0.258 e. The second-order valence-corrected chi connectivity index (χ2v) is 6.16. The maximum Gasteiger partial charge on any atom is 0.258 e. The molecular weight excluding hydrogens is 367 g/mol. The lowest BCUT2D eigenvalue weighted by molar-refractivity contribution is 0.0978. The minimum absolute atomic E-state index is 0.165. The van der Waals surface area contributed by atoms with Crippen LogP contribution in [0.1, 0.15) is 23.7 Å². The van der Waals surface area contributed by atoms with E-state index in [1.54, 1.807) is 12.1 Å². The number of hydrogen-bond acceptors (Lipinski definition) is 3. The maximum atomic E-state index is 12.2. The number of ether oxygens (including phenoxy) is 1. The Morgan fingerprint density at radius 3 is 2.71 bits per heavy atom. The van der Waals surface area contributed by atoms with Crippen LogP contribution in [0, 0.1) is 0 Å². The molecule has 4 nitrogen and oxygen atoms in total. The molecule has 1 amide bonds. The predicted molar refractivity (Wildman–Crippen MR) is 102 cm³/mol. The lowest BCUT2D eigenvalue weighted by atomic mass is 10.2. The first-order chi connectivity index (χ1) is 11.5. The standard InChI is InChI=1S/C17H16Cl2N2O2S/c1-2-8-23-13-5-3-4-12(10-13)20-17(24)21-16(22)14-7-6-11(18)9-15(14)19/h3-7,9-10H,2,8H2,1H3,(H2,20,21,22,24). The molecule has 2 aromatic rings. The fourth-order valence-electron chi connectivity index (χ4n) is 1.89. The van der Waals surface area contributed by atoms with Gasteiger partial charge < -0.3 is 10.1 Å². The van der Waals surface area contributed by atoms with Crippen LogP contribution in [0.5, 0.6) is 5.75 Å². The van der Waals surface area contributed by atoms with Crippen LogP contribution in [-0.2, 0) is 0 Å². The highest BCUT2D eigenvalue weighted by molar-refractivity contribution is 7.80. The molecule has 0 fully saturated rings. The van der Waals surface area contributed by atoms with Gasteiger partial charge in [0.15, 0.2) is 5.11 Å². The Hall–Kier alpha value is -1.82. The van der Waals surface area contributed by atoms with E-state index >= 15 is 0 Å². The summed E-state index contributed by atoms with van der Waals surface area (Å²) in [6.45, 7) is 2.67. The van der Waals surface area contributed by atoms with Crippen LogP contribution in [0.2, 0.25) is 10.0 Å². The number of carbonyl (C=O) groups is 1. The summed E-state index contributed by atoms with van der Waals surface area (Å²) in [5.41, 5.74) is 1.02. The van der Waals surface area contributed by atoms with Gasteiger partial charge in [-0.25, -0.2) is 0 Å². The van der Waals surface area contributed by atoms with Crippen molar-refractivity contribution in [2.24, 2.45) is 0 Å². The van der Waals surface area contributed by atoms with Crippen molar-refractivity contribution in [3.63, 3.8) is 0 Å². The number of nitrogens with one attached hydrogen (secondary N) is 2. The van der Waals surface area contributed by atoms with Crippen molar-refractivity contribution in [3.05, 3.63) is 58.1 Å². The number of rotatable bonds is 5. The number of carbonyl (C=O) groups excluding carboxylic acids is 1. The number of anilines is 1. The maximum absolute atomic E-state index is 12.2. The van der Waals surface area contributed by atoms with Crippen molar-refractivity contribution >= 4 is 52.1 Å². The first kappa shape index (κ1) is 18.5. The molecule has 0 aliphatic heterocycles. The van der Waals surface area contributed by atoms with Gasteiger partial charge in [0.25, 0.3) is 5.91 Å². The molecule has 0 aliphatic carbocycles. The van der Waals surface area contributed by atoms with E-state index in [2.05, 4.69) is 10.6 Å². The van der Waals surface area contributed by atoms with E-state index in [4.69, 9.17) is 40.2 Å². The molecule has 0 saturated heterocycles. The third kappa shape index (κ3) is 5.37. The van der Waals surface area contributed by atoms with Gasteiger partial charge in [0.05, 0.1) is 17.2 Å². The topological polar surface area (TPSA) is 50.4 Å². The minimum Gasteiger partial charge on any atom is -0.494 e. The lowest BCUT2D eigenvalue weighted by Gasteiger charge is -2.12. The summed E-state index contributed by atoms with van der Waals surface area (Å²) in [5, 5.41) is 6.41. The molecule has 0 spiro atoms. The Morgan fingerprint density at radius 1 is 1.21 bits per heavy atom. The highest BCUT2D eigenvalue weighted by atomic mass is 35.5. The second kappa shape index (κ2) is 8.87. The number of benzene rings is 2. The Morgan fingerprint density at radius 2 is 2.00 bits per heavy atom. The summed E-state index contributed by atoms with van der Waals surface area (Å²) >= 11 is 17.0. The first-order valence-corrected chi connectivity index (χ1v) is 8.46. The Labute approximate surface area is 156 Å². The molecule has 2 rings (SSSR count). The Balaban J connectivity index is 1.98. The summed E-state index contributed by atoms with van der Waals surface area (Å²) < 4.78 is 5.55. The largest absolute Gasteiger partial charge is 0.494 e. The molecule has 24 heavy (non-hydrogen) atoms. The summed E-state index contributed by atoms with van der Waals surface area (Å²) in [7, 11) is 0. The van der Waals surface area contributed by atoms with Gasteiger partial charge in [-0.05, 0) is 49.0 Å². The molecule has 126 valence electrons. The van der Waals surface area contributed by atoms with E-state index in [1.807, 2.05) is 31.2 Å². The zero-order valence-electron chi connectivity index (χ0n) is 12.9. The van der Waals surface area contributed by atoms with Crippen molar-refractivity contribution in [2.45, 2.75) is 13.3 Å². The van der Waals surface area contributed by atoms with Crippen molar-refractivity contribution in [2.75, 3.05) is 11.9 Å². The third-order valence-corrected chi connectivity index (χ3v) is 3.72. The highest BCUT2D eigenvalue weighted by Gasteiger charge is 2.12. The monoisotopic (exact) mass is 382 g/mol. The summed E-state index contributed by atoms with van der Waals surface area (Å²) in [4.78, 5) is 12.2. The van der Waals surface area contributed by atoms with Crippen molar-refractivity contribution in [1.29, 1.82) is 0 Å². The van der Waals surface area contributed by atoms with Gasteiger partial charge in [-0.2, -0.15) is 0 Å². The first-order valence-electron chi connectivity index (χ1n) is 7.30. The number of thiocarbonyl (C=S) groups is 1. The third-order valence-electron chi connectivity index (χ3n) is 2.97. The van der Waals surface area contributed by atoms with Crippen LogP contribution >= 0.6 is 35.4 Å². The molecule has 0 unspecified atom stereocenters. The van der Waals surface area contributed by atoms with Gasteiger partial charge >= 0.3 is 0 Å². The fraction of sp³-hybridized carbons (Fsp3) is 0.176. The van der Waals surface area contributed by atoms with E-state index in [0.717, 1.165) is 17.9 Å². The van der Waals surface area contributed by atoms with Crippen molar-refractivity contribution in [3.8, 4) is 5.75 Å². The zero-order valence-corrected chi connectivity index (χ0v) is 15.3. The average Bonchev–Trinajstić information content (AvgIpc) is 2.53. The minimum atomic E-state index is -0.410. The van der Waals surface area contributed by atoms with E-state index in [-0.39, 0.29) is 10.1 Å². The van der Waals surface area contributed by atoms with Gasteiger partial charge in [-0.15, -0.1) is 0 Å². The molecule has 0 aromatic heterocycles. The summed E-state index contributed by atoms with van der Waals surface area (Å²) in [5.74, 6) is 0.323. The quantitative estimate of drug-likeness (QED) is 0.721. The SMILES string of the molecule is CCCOc1cccc(NC(=S)NC(=O)c2ccc(Cl)cc2Cl)c1. The molecular formula is C17H16Cl2N2O2S. The molecule has 0 bridgehead atoms. The van der Waals surface area contributed by atoms with E-state index in [1.165, 1.54) is 6.07 Å². The van der Waals surface area contributed by atoms with Gasteiger partial charge in [-0.3, -0.25) is 10.1 Å². The van der Waals surface area contributed by atoms with Crippen molar-refractivity contribution in [1.82, 2.24) is 5.32 Å². The normalized spacial score (nSPS) is 10.1. The van der Waals surface area contributed by atoms with Crippen LogP contribution in [0.15, 0.2) is 42.5 Å².